The molecule has 2 N–H and O–H groups in total. The number of aromatic nitrogens is 2. The molecule has 0 radical (unpaired) electrons. The molecule has 0 unspecified atom stereocenters. The first-order chi connectivity index (χ1) is 7.78. The topological polar surface area (TPSA) is 92.5 Å². The molecule has 0 saturated carbocycles. The zero-order valence-electron chi connectivity index (χ0n) is 10.0. The number of ether oxygens (including phenoxy) is 1. The zero-order chi connectivity index (χ0) is 13.1. The van der Waals surface area contributed by atoms with Crippen LogP contribution in [0.15, 0.2) is 12.3 Å². The quantitative estimate of drug-likeness (QED) is 0.520. The summed E-state index contributed by atoms with van der Waals surface area (Å²) in [7, 11) is -1.67. The number of rotatable bonds is 3. The van der Waals surface area contributed by atoms with Crippen molar-refractivity contribution in [1.29, 1.82) is 0 Å². The minimum absolute atomic E-state index is 0.0542. The number of esters is 1. The van der Waals surface area contributed by atoms with E-state index in [1.54, 1.807) is 20.8 Å². The van der Waals surface area contributed by atoms with Gasteiger partial charge in [-0.05, 0) is 26.8 Å². The summed E-state index contributed by atoms with van der Waals surface area (Å²) in [5.41, 5.74) is -0.510. The smallest absolute Gasteiger partial charge is 0.460 e. The fraction of sp³-hybridized carbons (Fsp3) is 0.500. The predicted molar refractivity (Wildman–Crippen MR) is 61.4 cm³/mol. The number of nitrogens with zero attached hydrogens (tertiary/aromatic N) is 2. The first-order valence-electron chi connectivity index (χ1n) is 5.18. The SMILES string of the molecule is CC(C)(C)OC(=O)Cc1nccc(B(O)O)n1. The van der Waals surface area contributed by atoms with Gasteiger partial charge < -0.3 is 14.8 Å². The standard InChI is InChI=1S/C10H15BN2O4/c1-10(2,3)17-9(14)6-8-12-5-4-7(13-8)11(15)16/h4-5,15-16H,6H2,1-3H3. The van der Waals surface area contributed by atoms with Crippen molar-refractivity contribution in [1.82, 2.24) is 9.97 Å². The van der Waals surface area contributed by atoms with Gasteiger partial charge in [-0.3, -0.25) is 4.79 Å². The van der Waals surface area contributed by atoms with E-state index in [1.165, 1.54) is 12.3 Å². The molecule has 0 fully saturated rings. The van der Waals surface area contributed by atoms with E-state index in [9.17, 15) is 4.79 Å². The molecule has 0 bridgehead atoms. The summed E-state index contributed by atoms with van der Waals surface area (Å²) in [6.07, 6.45) is 1.26. The largest absolute Gasteiger partial charge is 0.508 e. The van der Waals surface area contributed by atoms with Gasteiger partial charge in [-0.15, -0.1) is 0 Å². The molecule has 0 aliphatic rings. The Morgan fingerprint density at radius 2 is 2.12 bits per heavy atom. The highest BCUT2D eigenvalue weighted by molar-refractivity contribution is 6.57. The highest BCUT2D eigenvalue weighted by Crippen LogP contribution is 2.08. The van der Waals surface area contributed by atoms with Crippen molar-refractivity contribution in [3.05, 3.63) is 18.1 Å². The van der Waals surface area contributed by atoms with Gasteiger partial charge in [-0.25, -0.2) is 9.97 Å². The number of carbonyl (C=O) groups excluding carboxylic acids is 1. The van der Waals surface area contributed by atoms with Crippen LogP contribution in [0.2, 0.25) is 0 Å². The van der Waals surface area contributed by atoms with E-state index in [-0.39, 0.29) is 17.8 Å². The molecule has 6 nitrogen and oxygen atoms in total. The van der Waals surface area contributed by atoms with Gasteiger partial charge in [0.05, 0.1) is 5.59 Å². The fourth-order valence-electron chi connectivity index (χ4n) is 1.15. The maximum absolute atomic E-state index is 11.5. The van der Waals surface area contributed by atoms with Crippen LogP contribution in [0.5, 0.6) is 0 Å². The van der Waals surface area contributed by atoms with Crippen LogP contribution in [0, 0.1) is 0 Å². The molecule has 1 aromatic rings. The zero-order valence-corrected chi connectivity index (χ0v) is 10.0. The van der Waals surface area contributed by atoms with E-state index < -0.39 is 18.7 Å². The second kappa shape index (κ2) is 5.24. The lowest BCUT2D eigenvalue weighted by atomic mass is 9.86. The summed E-state index contributed by atoms with van der Waals surface area (Å²) in [5.74, 6) is -0.257. The van der Waals surface area contributed by atoms with Crippen molar-refractivity contribution >= 4 is 18.7 Å². The van der Waals surface area contributed by atoms with Crippen LogP contribution in [0.1, 0.15) is 26.6 Å². The van der Waals surface area contributed by atoms with Crippen LogP contribution >= 0.6 is 0 Å². The Kier molecular flexibility index (Phi) is 4.19. The summed E-state index contributed by atoms with van der Waals surface area (Å²) in [4.78, 5) is 19.2. The highest BCUT2D eigenvalue weighted by Gasteiger charge is 2.19. The van der Waals surface area contributed by atoms with Gasteiger partial charge in [0.15, 0.2) is 0 Å². The Morgan fingerprint density at radius 1 is 1.47 bits per heavy atom. The van der Waals surface area contributed by atoms with Gasteiger partial charge in [-0.1, -0.05) is 0 Å². The molecule has 1 heterocycles. The molecule has 92 valence electrons. The number of hydrogen-bond acceptors (Lipinski definition) is 6. The van der Waals surface area contributed by atoms with Gasteiger partial charge in [0.1, 0.15) is 17.8 Å². The van der Waals surface area contributed by atoms with E-state index in [0.717, 1.165) is 0 Å². The molecular formula is C10H15BN2O4. The van der Waals surface area contributed by atoms with Gasteiger partial charge >= 0.3 is 13.1 Å². The molecule has 0 aromatic carbocycles. The molecule has 1 rings (SSSR count). The van der Waals surface area contributed by atoms with Crippen molar-refractivity contribution in [2.75, 3.05) is 0 Å². The normalized spacial score (nSPS) is 11.1. The predicted octanol–water partition coefficient (Wildman–Crippen LogP) is -0.959. The second-order valence-corrected chi connectivity index (χ2v) is 4.53. The first-order valence-corrected chi connectivity index (χ1v) is 5.18. The van der Waals surface area contributed by atoms with E-state index in [4.69, 9.17) is 14.8 Å². The Labute approximate surface area is 99.8 Å². The Balaban J connectivity index is 2.69. The monoisotopic (exact) mass is 238 g/mol. The minimum Gasteiger partial charge on any atom is -0.460 e. The molecule has 0 amide bonds. The number of hydrogen-bond donors (Lipinski definition) is 2. The lowest BCUT2D eigenvalue weighted by molar-refractivity contribution is -0.154. The van der Waals surface area contributed by atoms with Crippen LogP contribution in [0.3, 0.4) is 0 Å². The number of carbonyl (C=O) groups is 1. The lowest BCUT2D eigenvalue weighted by Gasteiger charge is -2.19. The maximum atomic E-state index is 11.5. The van der Waals surface area contributed by atoms with E-state index in [0.29, 0.717) is 0 Å². The summed E-state index contributed by atoms with van der Waals surface area (Å²) in [5, 5.41) is 17.8. The lowest BCUT2D eigenvalue weighted by Crippen LogP contribution is -2.34. The van der Waals surface area contributed by atoms with Crippen molar-refractivity contribution in [3.8, 4) is 0 Å². The van der Waals surface area contributed by atoms with Crippen LogP contribution in [-0.4, -0.2) is 38.7 Å². The van der Waals surface area contributed by atoms with E-state index in [1.807, 2.05) is 0 Å². The second-order valence-electron chi connectivity index (χ2n) is 4.53. The van der Waals surface area contributed by atoms with Crippen LogP contribution < -0.4 is 5.59 Å². The maximum Gasteiger partial charge on any atom is 0.508 e. The molecule has 0 spiro atoms. The average Bonchev–Trinajstić information content (AvgIpc) is 2.14. The van der Waals surface area contributed by atoms with Crippen molar-refractivity contribution in [3.63, 3.8) is 0 Å². The van der Waals surface area contributed by atoms with Crippen molar-refractivity contribution in [2.24, 2.45) is 0 Å². The molecule has 0 saturated heterocycles. The van der Waals surface area contributed by atoms with Crippen molar-refractivity contribution < 1.29 is 19.6 Å². The molecule has 0 aliphatic heterocycles. The summed E-state index contributed by atoms with van der Waals surface area (Å²) < 4.78 is 5.10. The summed E-state index contributed by atoms with van der Waals surface area (Å²) >= 11 is 0. The van der Waals surface area contributed by atoms with Gasteiger partial charge in [0.25, 0.3) is 0 Å². The Hall–Kier alpha value is -1.47. The van der Waals surface area contributed by atoms with Crippen LogP contribution in [0.25, 0.3) is 0 Å². The Bertz CT molecular complexity index is 404. The summed E-state index contributed by atoms with van der Waals surface area (Å²) in [6.45, 7) is 5.29. The third kappa shape index (κ3) is 4.92. The molecule has 0 atom stereocenters. The van der Waals surface area contributed by atoms with Gasteiger partial charge in [-0.2, -0.15) is 0 Å². The van der Waals surface area contributed by atoms with Crippen LogP contribution in [0.4, 0.5) is 0 Å². The highest BCUT2D eigenvalue weighted by atomic mass is 16.6. The Morgan fingerprint density at radius 3 is 2.65 bits per heavy atom. The summed E-state index contributed by atoms with van der Waals surface area (Å²) in [6, 6.07) is 1.36. The van der Waals surface area contributed by atoms with E-state index >= 15 is 0 Å². The van der Waals surface area contributed by atoms with E-state index in [2.05, 4.69) is 9.97 Å². The fourth-order valence-corrected chi connectivity index (χ4v) is 1.15. The average molecular weight is 238 g/mol. The third-order valence-electron chi connectivity index (χ3n) is 1.71. The molecular weight excluding hydrogens is 223 g/mol. The van der Waals surface area contributed by atoms with Gasteiger partial charge in [0.2, 0.25) is 0 Å². The van der Waals surface area contributed by atoms with Crippen LogP contribution in [-0.2, 0) is 16.0 Å². The van der Waals surface area contributed by atoms with Gasteiger partial charge in [0, 0.05) is 6.20 Å². The third-order valence-corrected chi connectivity index (χ3v) is 1.71. The van der Waals surface area contributed by atoms with Crippen molar-refractivity contribution in [2.45, 2.75) is 32.8 Å². The first kappa shape index (κ1) is 13.6. The molecule has 17 heavy (non-hydrogen) atoms. The molecule has 7 heteroatoms. The minimum atomic E-state index is -1.67. The molecule has 1 aromatic heterocycles. The molecule has 0 aliphatic carbocycles.